The van der Waals surface area contributed by atoms with Crippen molar-refractivity contribution >= 4 is 11.8 Å². The number of benzene rings is 2. The fourth-order valence-electron chi connectivity index (χ4n) is 2.74. The van der Waals surface area contributed by atoms with Gasteiger partial charge in [0, 0.05) is 19.6 Å². The quantitative estimate of drug-likeness (QED) is 0.348. The number of carbonyl (C=O) groups excluding carboxylic acids is 2. The molecule has 2 aromatic rings. The summed E-state index contributed by atoms with van der Waals surface area (Å²) in [5.74, 6) is -2.62. The minimum atomic E-state index is -0.535. The summed E-state index contributed by atoms with van der Waals surface area (Å²) >= 11 is 0. The first-order chi connectivity index (χ1) is 13.4. The fraction of sp³-hybridized carbons (Fsp3) is 0.300. The van der Waals surface area contributed by atoms with Crippen LogP contribution in [0.15, 0.2) is 36.4 Å². The normalized spacial score (nSPS) is 10.5. The van der Waals surface area contributed by atoms with Crippen molar-refractivity contribution in [2.24, 2.45) is 0 Å². The van der Waals surface area contributed by atoms with Crippen molar-refractivity contribution in [1.82, 2.24) is 10.2 Å². The average Bonchev–Trinajstić information content (AvgIpc) is 2.68. The van der Waals surface area contributed by atoms with Gasteiger partial charge in [-0.2, -0.15) is 0 Å². The average molecular weight is 388 g/mol. The van der Waals surface area contributed by atoms with Crippen LogP contribution in [0.5, 0.6) is 23.0 Å². The second-order valence-corrected chi connectivity index (χ2v) is 6.25. The van der Waals surface area contributed by atoms with Crippen molar-refractivity contribution in [1.29, 1.82) is 0 Å². The Morgan fingerprint density at radius 2 is 1.46 bits per heavy atom. The van der Waals surface area contributed by atoms with Crippen molar-refractivity contribution in [3.63, 3.8) is 0 Å². The molecule has 5 N–H and O–H groups in total. The van der Waals surface area contributed by atoms with Crippen molar-refractivity contribution in [3.8, 4) is 23.0 Å². The van der Waals surface area contributed by atoms with E-state index < -0.39 is 23.3 Å². The Bertz CT molecular complexity index is 853. The fourth-order valence-corrected chi connectivity index (χ4v) is 2.74. The van der Waals surface area contributed by atoms with Crippen molar-refractivity contribution < 1.29 is 30.0 Å². The van der Waals surface area contributed by atoms with E-state index in [9.17, 15) is 30.0 Å². The van der Waals surface area contributed by atoms with Crippen LogP contribution < -0.4 is 5.32 Å². The number of hydrogen-bond donors (Lipinski definition) is 5. The topological polar surface area (TPSA) is 130 Å². The maximum Gasteiger partial charge on any atom is 0.257 e. The molecule has 0 fully saturated rings. The Morgan fingerprint density at radius 1 is 0.893 bits per heavy atom. The van der Waals surface area contributed by atoms with Crippen LogP contribution in [0.4, 0.5) is 0 Å². The number of nitrogens with one attached hydrogen (secondary N) is 1. The largest absolute Gasteiger partial charge is 0.504 e. The Labute approximate surface area is 162 Å². The summed E-state index contributed by atoms with van der Waals surface area (Å²) in [7, 11) is 0. The van der Waals surface area contributed by atoms with Gasteiger partial charge in [0.25, 0.3) is 11.8 Å². The molecule has 0 aromatic heterocycles. The van der Waals surface area contributed by atoms with E-state index in [0.29, 0.717) is 25.9 Å². The van der Waals surface area contributed by atoms with E-state index in [2.05, 4.69) is 5.32 Å². The molecule has 0 aliphatic rings. The second kappa shape index (κ2) is 9.50. The Kier molecular flexibility index (Phi) is 7.08. The van der Waals surface area contributed by atoms with Crippen LogP contribution in [-0.4, -0.2) is 56.8 Å². The van der Waals surface area contributed by atoms with Crippen molar-refractivity contribution in [2.45, 2.75) is 19.8 Å². The lowest BCUT2D eigenvalue weighted by Crippen LogP contribution is -2.35. The summed E-state index contributed by atoms with van der Waals surface area (Å²) in [5, 5.41) is 41.3. The molecule has 28 heavy (non-hydrogen) atoms. The number of phenolic OH excluding ortho intramolecular Hbond substituents is 4. The summed E-state index contributed by atoms with van der Waals surface area (Å²) in [4.78, 5) is 26.3. The van der Waals surface area contributed by atoms with Crippen LogP contribution in [-0.2, 0) is 0 Å². The smallest absolute Gasteiger partial charge is 0.257 e. The molecule has 2 amide bonds. The second-order valence-electron chi connectivity index (χ2n) is 6.25. The summed E-state index contributed by atoms with van der Waals surface area (Å²) in [6.45, 7) is 2.94. The van der Waals surface area contributed by atoms with Gasteiger partial charge in [-0.3, -0.25) is 9.59 Å². The van der Waals surface area contributed by atoms with E-state index >= 15 is 0 Å². The molecule has 150 valence electrons. The Hall–Kier alpha value is -3.42. The molecule has 0 unspecified atom stereocenters. The first-order valence-corrected chi connectivity index (χ1v) is 8.96. The van der Waals surface area contributed by atoms with Gasteiger partial charge in [0.05, 0.1) is 11.1 Å². The predicted molar refractivity (Wildman–Crippen MR) is 103 cm³/mol. The minimum absolute atomic E-state index is 0.0159. The third kappa shape index (κ3) is 4.85. The number of nitrogens with zero attached hydrogens (tertiary/aromatic N) is 1. The van der Waals surface area contributed by atoms with Crippen LogP contribution in [0.25, 0.3) is 0 Å². The monoisotopic (exact) mass is 388 g/mol. The van der Waals surface area contributed by atoms with Gasteiger partial charge in [-0.1, -0.05) is 19.1 Å². The van der Waals surface area contributed by atoms with Crippen LogP contribution in [0.2, 0.25) is 0 Å². The van der Waals surface area contributed by atoms with Crippen molar-refractivity contribution in [2.75, 3.05) is 19.6 Å². The van der Waals surface area contributed by atoms with Gasteiger partial charge in [0.1, 0.15) is 0 Å². The summed E-state index contributed by atoms with van der Waals surface area (Å²) in [6.07, 6.45) is 1.14. The Balaban J connectivity index is 1.94. The molecule has 2 rings (SSSR count). The molecule has 0 atom stereocenters. The highest BCUT2D eigenvalue weighted by atomic mass is 16.3. The summed E-state index contributed by atoms with van der Waals surface area (Å²) in [5.41, 5.74) is -0.0201. The van der Waals surface area contributed by atoms with Gasteiger partial charge < -0.3 is 30.6 Å². The van der Waals surface area contributed by atoms with Gasteiger partial charge in [-0.15, -0.1) is 0 Å². The number of phenols is 4. The molecule has 0 radical (unpaired) electrons. The highest BCUT2D eigenvalue weighted by molar-refractivity contribution is 5.98. The molecule has 2 aromatic carbocycles. The predicted octanol–water partition coefficient (Wildman–Crippen LogP) is 2.18. The van der Waals surface area contributed by atoms with Crippen molar-refractivity contribution in [3.05, 3.63) is 47.5 Å². The third-order valence-electron chi connectivity index (χ3n) is 4.18. The number of amides is 2. The molecule has 0 saturated heterocycles. The van der Waals surface area contributed by atoms with E-state index in [-0.39, 0.29) is 29.2 Å². The highest BCUT2D eigenvalue weighted by Crippen LogP contribution is 2.29. The molecule has 0 bridgehead atoms. The van der Waals surface area contributed by atoms with E-state index in [1.54, 1.807) is 0 Å². The van der Waals surface area contributed by atoms with Crippen LogP contribution >= 0.6 is 0 Å². The van der Waals surface area contributed by atoms with E-state index in [1.807, 2.05) is 6.92 Å². The van der Waals surface area contributed by atoms with E-state index in [1.165, 1.54) is 41.3 Å². The number of hydrogen-bond acceptors (Lipinski definition) is 6. The maximum atomic E-state index is 12.6. The lowest BCUT2D eigenvalue weighted by atomic mass is 10.1. The number of aromatic hydroxyl groups is 4. The zero-order valence-electron chi connectivity index (χ0n) is 15.6. The SMILES string of the molecule is CCCN(CCCNC(=O)c1cccc(O)c1O)C(=O)c1cccc(O)c1O. The summed E-state index contributed by atoms with van der Waals surface area (Å²) in [6, 6.07) is 8.33. The van der Waals surface area contributed by atoms with Crippen LogP contribution in [0, 0.1) is 0 Å². The maximum absolute atomic E-state index is 12.6. The zero-order chi connectivity index (χ0) is 20.7. The lowest BCUT2D eigenvalue weighted by Gasteiger charge is -2.23. The third-order valence-corrected chi connectivity index (χ3v) is 4.18. The molecule has 8 nitrogen and oxygen atoms in total. The minimum Gasteiger partial charge on any atom is -0.504 e. The highest BCUT2D eigenvalue weighted by Gasteiger charge is 2.20. The van der Waals surface area contributed by atoms with E-state index in [4.69, 9.17) is 0 Å². The summed E-state index contributed by atoms with van der Waals surface area (Å²) < 4.78 is 0. The van der Waals surface area contributed by atoms with Crippen LogP contribution in [0.1, 0.15) is 40.5 Å². The van der Waals surface area contributed by atoms with Gasteiger partial charge in [-0.05, 0) is 37.1 Å². The van der Waals surface area contributed by atoms with Gasteiger partial charge in [-0.25, -0.2) is 0 Å². The van der Waals surface area contributed by atoms with E-state index in [0.717, 1.165) is 0 Å². The Morgan fingerprint density at radius 3 is 2.07 bits per heavy atom. The number of carbonyl (C=O) groups is 2. The number of rotatable bonds is 8. The lowest BCUT2D eigenvalue weighted by molar-refractivity contribution is 0.0749. The van der Waals surface area contributed by atoms with Gasteiger partial charge in [0.15, 0.2) is 23.0 Å². The molecule has 0 heterocycles. The first kappa shape index (κ1) is 20.9. The van der Waals surface area contributed by atoms with Gasteiger partial charge in [0.2, 0.25) is 0 Å². The van der Waals surface area contributed by atoms with Gasteiger partial charge >= 0.3 is 0 Å². The molecule has 0 spiro atoms. The zero-order valence-corrected chi connectivity index (χ0v) is 15.6. The molecule has 8 heteroatoms. The molecular weight excluding hydrogens is 364 g/mol. The first-order valence-electron chi connectivity index (χ1n) is 8.96. The number of para-hydroxylation sites is 2. The van der Waals surface area contributed by atoms with Crippen LogP contribution in [0.3, 0.4) is 0 Å². The molecule has 0 saturated carbocycles. The molecule has 0 aliphatic heterocycles. The standard InChI is InChI=1S/C20H24N2O6/c1-2-11-22(20(28)14-7-4-9-16(24)18(14)26)12-5-10-21-19(27)13-6-3-8-15(23)17(13)25/h3-4,6-9,23-26H,2,5,10-12H2,1H3,(H,21,27). The molecular formula is C20H24N2O6. The molecule has 0 aliphatic carbocycles.